The van der Waals surface area contributed by atoms with E-state index in [0.29, 0.717) is 16.4 Å². The third-order valence-corrected chi connectivity index (χ3v) is 5.12. The van der Waals surface area contributed by atoms with Crippen molar-refractivity contribution < 1.29 is 9.53 Å². The predicted octanol–water partition coefficient (Wildman–Crippen LogP) is 7.73. The minimum Gasteiger partial charge on any atom is -0.421 e. The summed E-state index contributed by atoms with van der Waals surface area (Å²) in [5.74, 6) is -0.138. The van der Waals surface area contributed by atoms with Gasteiger partial charge in [-0.2, -0.15) is 0 Å². The van der Waals surface area contributed by atoms with Gasteiger partial charge in [0.25, 0.3) is 0 Å². The van der Waals surface area contributed by atoms with E-state index in [1.165, 1.54) is 0 Å². The van der Waals surface area contributed by atoms with Crippen LogP contribution in [0.2, 0.25) is 0 Å². The van der Waals surface area contributed by atoms with Crippen LogP contribution in [0.5, 0.6) is 0 Å². The standard InChI is InChI=1S/C28H25ClO2/c1-19(2)17-25(22-11-7-5-8-12-22)26(29)27(24-16-15-20(3)18-21(24)4)31-28(30)23-13-9-6-10-14-23/h5-18H,1H2,2-4H3/b25-17+,27-26-. The van der Waals surface area contributed by atoms with Crippen LogP contribution >= 0.6 is 11.6 Å². The van der Waals surface area contributed by atoms with Crippen LogP contribution in [0, 0.1) is 13.8 Å². The molecule has 0 spiro atoms. The number of ether oxygens (including phenoxy) is 1. The van der Waals surface area contributed by atoms with Gasteiger partial charge in [-0.3, -0.25) is 0 Å². The maximum Gasteiger partial charge on any atom is 0.343 e. The molecule has 0 fully saturated rings. The van der Waals surface area contributed by atoms with Gasteiger partial charge in [0.05, 0.1) is 10.6 Å². The average Bonchev–Trinajstić information content (AvgIpc) is 2.77. The number of benzene rings is 3. The molecule has 0 unspecified atom stereocenters. The van der Waals surface area contributed by atoms with Crippen molar-refractivity contribution in [3.63, 3.8) is 0 Å². The topological polar surface area (TPSA) is 26.3 Å². The third kappa shape index (κ3) is 5.62. The van der Waals surface area contributed by atoms with Gasteiger partial charge in [-0.05, 0) is 44.0 Å². The maximum absolute atomic E-state index is 12.9. The zero-order valence-electron chi connectivity index (χ0n) is 18.0. The van der Waals surface area contributed by atoms with Crippen molar-refractivity contribution in [1.82, 2.24) is 0 Å². The second-order valence-corrected chi connectivity index (χ2v) is 7.87. The molecule has 0 aliphatic rings. The van der Waals surface area contributed by atoms with E-state index in [1.54, 1.807) is 24.3 Å². The molecule has 0 saturated heterocycles. The van der Waals surface area contributed by atoms with Gasteiger partial charge >= 0.3 is 5.97 Å². The Balaban J connectivity index is 2.20. The quantitative estimate of drug-likeness (QED) is 0.228. The molecule has 0 aromatic heterocycles. The fourth-order valence-corrected chi connectivity index (χ4v) is 3.58. The number of esters is 1. The van der Waals surface area contributed by atoms with Crippen LogP contribution < -0.4 is 0 Å². The van der Waals surface area contributed by atoms with E-state index in [2.05, 4.69) is 6.58 Å². The molecule has 2 nitrogen and oxygen atoms in total. The Bertz CT molecular complexity index is 1160. The van der Waals surface area contributed by atoms with Crippen LogP contribution in [-0.2, 0) is 4.74 Å². The van der Waals surface area contributed by atoms with E-state index < -0.39 is 5.97 Å². The summed E-state index contributed by atoms with van der Waals surface area (Å²) in [6.45, 7) is 9.91. The SMILES string of the molecule is C=C(C)/C=C(/C(Cl)=C(/OC(=O)c1ccccc1)c1ccc(C)cc1C)c1ccccc1. The summed E-state index contributed by atoms with van der Waals surface area (Å²) < 4.78 is 5.93. The van der Waals surface area contributed by atoms with E-state index in [9.17, 15) is 4.79 Å². The van der Waals surface area contributed by atoms with E-state index >= 15 is 0 Å². The van der Waals surface area contributed by atoms with Crippen molar-refractivity contribution in [2.45, 2.75) is 20.8 Å². The van der Waals surface area contributed by atoms with Crippen LogP contribution in [0.3, 0.4) is 0 Å². The van der Waals surface area contributed by atoms with Crippen LogP contribution in [0.15, 0.2) is 102 Å². The number of carbonyl (C=O) groups excluding carboxylic acids is 1. The molecule has 0 radical (unpaired) electrons. The highest BCUT2D eigenvalue weighted by Crippen LogP contribution is 2.36. The van der Waals surface area contributed by atoms with Crippen molar-refractivity contribution >= 4 is 28.9 Å². The van der Waals surface area contributed by atoms with Crippen LogP contribution in [0.4, 0.5) is 0 Å². The molecule has 0 bridgehead atoms. The first-order valence-electron chi connectivity index (χ1n) is 10.0. The summed E-state index contributed by atoms with van der Waals surface area (Å²) in [4.78, 5) is 12.9. The predicted molar refractivity (Wildman–Crippen MR) is 130 cm³/mol. The Morgan fingerprint density at radius 3 is 2.03 bits per heavy atom. The Kier molecular flexibility index (Phi) is 7.28. The lowest BCUT2D eigenvalue weighted by molar-refractivity contribution is 0.0691. The molecule has 156 valence electrons. The highest BCUT2D eigenvalue weighted by Gasteiger charge is 2.21. The van der Waals surface area contributed by atoms with Crippen LogP contribution in [0.25, 0.3) is 11.3 Å². The van der Waals surface area contributed by atoms with Crippen LogP contribution in [0.1, 0.15) is 39.5 Å². The van der Waals surface area contributed by atoms with Crippen LogP contribution in [-0.4, -0.2) is 5.97 Å². The number of allylic oxidation sites excluding steroid dienone is 4. The molecule has 3 aromatic carbocycles. The Morgan fingerprint density at radius 1 is 0.903 bits per heavy atom. The van der Waals surface area contributed by atoms with Crippen molar-refractivity contribution in [2.24, 2.45) is 0 Å². The van der Waals surface area contributed by atoms with Gasteiger partial charge in [-0.1, -0.05) is 102 Å². The zero-order valence-corrected chi connectivity index (χ0v) is 18.7. The lowest BCUT2D eigenvalue weighted by Gasteiger charge is -2.17. The normalized spacial score (nSPS) is 12.2. The van der Waals surface area contributed by atoms with Crippen molar-refractivity contribution in [3.05, 3.63) is 130 Å². The van der Waals surface area contributed by atoms with Gasteiger partial charge < -0.3 is 4.74 Å². The van der Waals surface area contributed by atoms with Gasteiger partial charge in [-0.25, -0.2) is 4.79 Å². The maximum atomic E-state index is 12.9. The summed E-state index contributed by atoms with van der Waals surface area (Å²) in [5, 5.41) is 0.352. The Labute approximate surface area is 189 Å². The number of halogens is 1. The minimum atomic E-state index is -0.462. The molecule has 3 rings (SSSR count). The Hall–Kier alpha value is -3.36. The number of rotatable bonds is 6. The molecule has 31 heavy (non-hydrogen) atoms. The lowest BCUT2D eigenvalue weighted by atomic mass is 9.98. The largest absolute Gasteiger partial charge is 0.421 e. The second-order valence-electron chi connectivity index (χ2n) is 7.49. The Morgan fingerprint density at radius 2 is 1.48 bits per heavy atom. The monoisotopic (exact) mass is 428 g/mol. The highest BCUT2D eigenvalue weighted by molar-refractivity contribution is 6.40. The molecule has 0 saturated carbocycles. The summed E-state index contributed by atoms with van der Waals surface area (Å²) >= 11 is 6.96. The molecule has 3 aromatic rings. The van der Waals surface area contributed by atoms with Crippen molar-refractivity contribution in [2.75, 3.05) is 0 Å². The summed E-state index contributed by atoms with van der Waals surface area (Å²) in [6, 6.07) is 24.6. The first-order chi connectivity index (χ1) is 14.9. The number of aryl methyl sites for hydroxylation is 2. The highest BCUT2D eigenvalue weighted by atomic mass is 35.5. The van der Waals surface area contributed by atoms with E-state index in [1.807, 2.05) is 81.4 Å². The van der Waals surface area contributed by atoms with Crippen molar-refractivity contribution in [1.29, 1.82) is 0 Å². The molecular weight excluding hydrogens is 404 g/mol. The lowest BCUT2D eigenvalue weighted by Crippen LogP contribution is -2.07. The van der Waals surface area contributed by atoms with Gasteiger partial charge in [0, 0.05) is 11.1 Å². The fourth-order valence-electron chi connectivity index (χ4n) is 3.27. The third-order valence-electron chi connectivity index (χ3n) is 4.74. The molecule has 0 N–H and O–H groups in total. The van der Waals surface area contributed by atoms with E-state index in [4.69, 9.17) is 16.3 Å². The summed E-state index contributed by atoms with van der Waals surface area (Å²) in [5.41, 5.74) is 5.80. The molecule has 0 heterocycles. The smallest absolute Gasteiger partial charge is 0.343 e. The zero-order chi connectivity index (χ0) is 22.4. The number of hydrogen-bond acceptors (Lipinski definition) is 2. The molecule has 0 aliphatic heterocycles. The fraction of sp³-hybridized carbons (Fsp3) is 0.107. The van der Waals surface area contributed by atoms with E-state index in [-0.39, 0.29) is 0 Å². The van der Waals surface area contributed by atoms with Gasteiger partial charge in [0.15, 0.2) is 5.76 Å². The van der Waals surface area contributed by atoms with Gasteiger partial charge in [0.1, 0.15) is 0 Å². The first kappa shape index (κ1) is 22.3. The van der Waals surface area contributed by atoms with Gasteiger partial charge in [0.2, 0.25) is 0 Å². The molecule has 0 atom stereocenters. The van der Waals surface area contributed by atoms with E-state index in [0.717, 1.165) is 33.4 Å². The number of carbonyl (C=O) groups is 1. The molecule has 3 heteroatoms. The van der Waals surface area contributed by atoms with Gasteiger partial charge in [-0.15, -0.1) is 0 Å². The minimum absolute atomic E-state index is 0.323. The summed E-state index contributed by atoms with van der Waals surface area (Å²) in [7, 11) is 0. The molecule has 0 aliphatic carbocycles. The number of hydrogen-bond donors (Lipinski definition) is 0. The first-order valence-corrected chi connectivity index (χ1v) is 10.4. The molecule has 0 amide bonds. The average molecular weight is 429 g/mol. The second kappa shape index (κ2) is 10.1. The van der Waals surface area contributed by atoms with Crippen molar-refractivity contribution in [3.8, 4) is 0 Å². The molecular formula is C28H25ClO2. The summed E-state index contributed by atoms with van der Waals surface area (Å²) in [6.07, 6.45) is 1.90.